The van der Waals surface area contributed by atoms with Crippen molar-refractivity contribution in [2.24, 2.45) is 0 Å². The van der Waals surface area contributed by atoms with E-state index in [1.807, 2.05) is 54.6 Å². The van der Waals surface area contributed by atoms with Crippen LogP contribution in [0.25, 0.3) is 0 Å². The topological polar surface area (TPSA) is 58.6 Å². The molecule has 2 aromatic rings. The zero-order valence-electron chi connectivity index (χ0n) is 12.0. The second-order valence-electron chi connectivity index (χ2n) is 4.76. The van der Waals surface area contributed by atoms with E-state index in [1.54, 1.807) is 7.11 Å². The Morgan fingerprint density at radius 3 is 2.48 bits per heavy atom. The Morgan fingerprint density at radius 2 is 1.81 bits per heavy atom. The summed E-state index contributed by atoms with van der Waals surface area (Å²) >= 11 is 0. The summed E-state index contributed by atoms with van der Waals surface area (Å²) in [5.74, 6) is -0.143. The maximum atomic E-state index is 11.1. The predicted molar refractivity (Wildman–Crippen MR) is 81.3 cm³/mol. The molecule has 0 heterocycles. The molecule has 2 rings (SSSR count). The van der Waals surface area contributed by atoms with Gasteiger partial charge in [0.05, 0.1) is 13.5 Å². The van der Waals surface area contributed by atoms with Gasteiger partial charge in [-0.3, -0.25) is 4.79 Å². The van der Waals surface area contributed by atoms with Gasteiger partial charge in [0, 0.05) is 18.2 Å². The van der Waals surface area contributed by atoms with Crippen LogP contribution in [0.5, 0.6) is 5.75 Å². The van der Waals surface area contributed by atoms with Crippen LogP contribution in [0, 0.1) is 0 Å². The van der Waals surface area contributed by atoms with Crippen molar-refractivity contribution in [3.05, 3.63) is 65.7 Å². The smallest absolute Gasteiger partial charge is 0.305 e. The van der Waals surface area contributed by atoms with Gasteiger partial charge in [0.15, 0.2) is 0 Å². The van der Waals surface area contributed by atoms with Crippen molar-refractivity contribution in [2.75, 3.05) is 7.11 Å². The lowest BCUT2D eigenvalue weighted by molar-refractivity contribution is -0.137. The number of hydrogen-bond acceptors (Lipinski definition) is 3. The third kappa shape index (κ3) is 4.33. The van der Waals surface area contributed by atoms with Crippen LogP contribution in [-0.2, 0) is 11.3 Å². The number of para-hydroxylation sites is 1. The van der Waals surface area contributed by atoms with Gasteiger partial charge in [0.2, 0.25) is 0 Å². The molecule has 1 atom stereocenters. The Kier molecular flexibility index (Phi) is 5.35. The van der Waals surface area contributed by atoms with Gasteiger partial charge in [0.1, 0.15) is 5.75 Å². The molecule has 0 bridgehead atoms. The fraction of sp³-hybridized carbons (Fsp3) is 0.235. The Bertz CT molecular complexity index is 584. The van der Waals surface area contributed by atoms with Crippen molar-refractivity contribution < 1.29 is 14.6 Å². The molecule has 4 heteroatoms. The molecule has 4 nitrogen and oxygen atoms in total. The first-order valence-corrected chi connectivity index (χ1v) is 6.82. The highest BCUT2D eigenvalue weighted by Crippen LogP contribution is 2.27. The molecule has 0 spiro atoms. The fourth-order valence-electron chi connectivity index (χ4n) is 2.26. The average Bonchev–Trinajstić information content (AvgIpc) is 2.52. The molecule has 0 saturated heterocycles. The molecule has 0 saturated carbocycles. The van der Waals surface area contributed by atoms with Crippen LogP contribution in [0.1, 0.15) is 23.6 Å². The van der Waals surface area contributed by atoms with Crippen LogP contribution < -0.4 is 10.1 Å². The Labute approximate surface area is 124 Å². The predicted octanol–water partition coefficient (Wildman–Crippen LogP) is 3.00. The summed E-state index contributed by atoms with van der Waals surface area (Å²) in [6.07, 6.45) is 0.00715. The van der Waals surface area contributed by atoms with Crippen molar-refractivity contribution in [1.29, 1.82) is 0 Å². The first-order valence-electron chi connectivity index (χ1n) is 6.82. The van der Waals surface area contributed by atoms with Gasteiger partial charge < -0.3 is 15.2 Å². The van der Waals surface area contributed by atoms with E-state index in [9.17, 15) is 4.79 Å². The van der Waals surface area contributed by atoms with Crippen molar-refractivity contribution in [3.63, 3.8) is 0 Å². The van der Waals surface area contributed by atoms with Crippen LogP contribution >= 0.6 is 0 Å². The van der Waals surface area contributed by atoms with E-state index >= 15 is 0 Å². The molecular formula is C17H19NO3. The molecule has 0 aliphatic carbocycles. The molecule has 110 valence electrons. The highest BCUT2D eigenvalue weighted by atomic mass is 16.5. The Hall–Kier alpha value is -2.33. The molecule has 2 N–H and O–H groups in total. The SMILES string of the molecule is COc1ccccc1[C@H](CC(=O)O)NCc1ccccc1. The standard InChI is InChI=1S/C17H19NO3/c1-21-16-10-6-5-9-14(16)15(11-17(19)20)18-12-13-7-3-2-4-8-13/h2-10,15,18H,11-12H2,1H3,(H,19,20)/t15-/m0/s1. The van der Waals surface area contributed by atoms with Crippen molar-refractivity contribution in [3.8, 4) is 5.75 Å². The number of nitrogens with one attached hydrogen (secondary N) is 1. The maximum Gasteiger partial charge on any atom is 0.305 e. The first-order chi connectivity index (χ1) is 10.2. The lowest BCUT2D eigenvalue weighted by Gasteiger charge is -2.20. The second-order valence-corrected chi connectivity index (χ2v) is 4.76. The number of hydrogen-bond donors (Lipinski definition) is 2. The summed E-state index contributed by atoms with van der Waals surface area (Å²) in [7, 11) is 1.59. The highest BCUT2D eigenvalue weighted by molar-refractivity contribution is 5.68. The number of carboxylic acid groups (broad SMARTS) is 1. The van der Waals surface area contributed by atoms with Crippen LogP contribution in [-0.4, -0.2) is 18.2 Å². The monoisotopic (exact) mass is 285 g/mol. The van der Waals surface area contributed by atoms with Crippen LogP contribution in [0.15, 0.2) is 54.6 Å². The zero-order chi connectivity index (χ0) is 15.1. The largest absolute Gasteiger partial charge is 0.496 e. The molecule has 0 aliphatic rings. The number of carboxylic acids is 1. The summed E-state index contributed by atoms with van der Waals surface area (Å²) < 4.78 is 5.33. The molecule has 0 amide bonds. The number of methoxy groups -OCH3 is 1. The van der Waals surface area contributed by atoms with Gasteiger partial charge in [-0.05, 0) is 11.6 Å². The lowest BCUT2D eigenvalue weighted by Crippen LogP contribution is -2.24. The maximum absolute atomic E-state index is 11.1. The van der Waals surface area contributed by atoms with Crippen LogP contribution in [0.2, 0.25) is 0 Å². The molecule has 0 unspecified atom stereocenters. The summed E-state index contributed by atoms with van der Waals surface area (Å²) in [6, 6.07) is 17.1. The minimum absolute atomic E-state index is 0.00715. The molecule has 0 aliphatic heterocycles. The van der Waals surface area contributed by atoms with Crippen molar-refractivity contribution in [1.82, 2.24) is 5.32 Å². The van der Waals surface area contributed by atoms with E-state index in [4.69, 9.17) is 9.84 Å². The molecule has 0 aromatic heterocycles. The van der Waals surface area contributed by atoms with E-state index in [0.717, 1.165) is 11.1 Å². The third-order valence-electron chi connectivity index (χ3n) is 3.29. The number of ether oxygens (including phenoxy) is 1. The fourth-order valence-corrected chi connectivity index (χ4v) is 2.26. The van der Waals surface area contributed by atoms with E-state index in [1.165, 1.54) is 0 Å². The molecule has 21 heavy (non-hydrogen) atoms. The number of aliphatic carboxylic acids is 1. The quantitative estimate of drug-likeness (QED) is 0.821. The molecular weight excluding hydrogens is 266 g/mol. The van der Waals surface area contributed by atoms with Gasteiger partial charge in [0.25, 0.3) is 0 Å². The molecule has 2 aromatic carbocycles. The third-order valence-corrected chi connectivity index (χ3v) is 3.29. The lowest BCUT2D eigenvalue weighted by atomic mass is 10.0. The van der Waals surface area contributed by atoms with Crippen molar-refractivity contribution in [2.45, 2.75) is 19.0 Å². The van der Waals surface area contributed by atoms with E-state index in [2.05, 4.69) is 5.32 Å². The van der Waals surface area contributed by atoms with E-state index < -0.39 is 5.97 Å². The van der Waals surface area contributed by atoms with Crippen molar-refractivity contribution >= 4 is 5.97 Å². The van der Waals surface area contributed by atoms with Gasteiger partial charge in [-0.25, -0.2) is 0 Å². The summed E-state index contributed by atoms with van der Waals surface area (Å²) in [6.45, 7) is 0.608. The highest BCUT2D eigenvalue weighted by Gasteiger charge is 2.18. The number of benzene rings is 2. The summed E-state index contributed by atoms with van der Waals surface area (Å²) in [5.41, 5.74) is 1.97. The minimum atomic E-state index is -0.841. The number of carbonyl (C=O) groups is 1. The average molecular weight is 285 g/mol. The van der Waals surface area contributed by atoms with Gasteiger partial charge in [-0.2, -0.15) is 0 Å². The van der Waals surface area contributed by atoms with Gasteiger partial charge in [-0.1, -0.05) is 48.5 Å². The Balaban J connectivity index is 2.16. The number of rotatable bonds is 7. The van der Waals surface area contributed by atoms with E-state index in [0.29, 0.717) is 12.3 Å². The van der Waals surface area contributed by atoms with Crippen LogP contribution in [0.4, 0.5) is 0 Å². The first kappa shape index (κ1) is 15.1. The van der Waals surface area contributed by atoms with E-state index in [-0.39, 0.29) is 12.5 Å². The minimum Gasteiger partial charge on any atom is -0.496 e. The Morgan fingerprint density at radius 1 is 1.14 bits per heavy atom. The molecule has 0 fully saturated rings. The zero-order valence-corrected chi connectivity index (χ0v) is 12.0. The normalized spacial score (nSPS) is 11.9. The van der Waals surface area contributed by atoms with Crippen LogP contribution in [0.3, 0.4) is 0 Å². The molecule has 0 radical (unpaired) electrons. The summed E-state index contributed by atoms with van der Waals surface area (Å²) in [4.78, 5) is 11.1. The van der Waals surface area contributed by atoms with Gasteiger partial charge in [-0.15, -0.1) is 0 Å². The summed E-state index contributed by atoms with van der Waals surface area (Å²) in [5, 5.41) is 12.4. The van der Waals surface area contributed by atoms with Gasteiger partial charge >= 0.3 is 5.97 Å². The second kappa shape index (κ2) is 7.45.